The van der Waals surface area contributed by atoms with Gasteiger partial charge in [0.25, 0.3) is 0 Å². The molecule has 4 aromatic rings. The fourth-order valence-corrected chi connectivity index (χ4v) is 7.05. The van der Waals surface area contributed by atoms with Gasteiger partial charge in [-0.3, -0.25) is 9.59 Å². The molecule has 5 nitrogen and oxygen atoms in total. The molecule has 3 aliphatic carbocycles. The molecule has 4 aromatic carbocycles. The largest absolute Gasteiger partial charge is 0.423 e. The van der Waals surface area contributed by atoms with Crippen molar-refractivity contribution >= 4 is 23.5 Å². The quantitative estimate of drug-likeness (QED) is 0.155. The first-order valence-electron chi connectivity index (χ1n) is 14.3. The lowest BCUT2D eigenvalue weighted by Crippen LogP contribution is -2.41. The zero-order valence-corrected chi connectivity index (χ0v) is 23.3. The van der Waals surface area contributed by atoms with Crippen molar-refractivity contribution in [3.05, 3.63) is 130 Å². The van der Waals surface area contributed by atoms with Crippen LogP contribution in [0.2, 0.25) is 0 Å². The van der Waals surface area contributed by atoms with Crippen molar-refractivity contribution in [3.63, 3.8) is 0 Å². The second-order valence-electron chi connectivity index (χ2n) is 12.0. The standard InChI is InChI=1S/C36H31NO4/c1-4-36(2,3)22-16-18-24(19-17-22)41-35(40)21-10-9-11-23(20-21)37-33(38)31-29-25-12-5-6-13-26(25)30(32(31)34(37)39)28-15-8-7-14-27(28)29/h5-20,29-32H,4H2,1-3H3/t29?,30?,31-,32+. The smallest absolute Gasteiger partial charge is 0.343 e. The van der Waals surface area contributed by atoms with Gasteiger partial charge < -0.3 is 4.74 Å². The lowest BCUT2D eigenvalue weighted by atomic mass is 9.55. The van der Waals surface area contributed by atoms with Gasteiger partial charge in [-0.25, -0.2) is 9.69 Å². The minimum Gasteiger partial charge on any atom is -0.423 e. The molecule has 5 heteroatoms. The molecule has 2 atom stereocenters. The van der Waals surface area contributed by atoms with E-state index in [0.29, 0.717) is 11.4 Å². The van der Waals surface area contributed by atoms with Gasteiger partial charge in [0.15, 0.2) is 0 Å². The minimum absolute atomic E-state index is 0.0328. The predicted octanol–water partition coefficient (Wildman–Crippen LogP) is 6.99. The Labute approximate surface area is 239 Å². The lowest BCUT2D eigenvalue weighted by Gasteiger charge is -2.45. The van der Waals surface area contributed by atoms with Crippen LogP contribution in [0.1, 0.15) is 77.2 Å². The van der Waals surface area contributed by atoms with Crippen LogP contribution < -0.4 is 9.64 Å². The van der Waals surface area contributed by atoms with E-state index in [0.717, 1.165) is 28.7 Å². The van der Waals surface area contributed by atoms with Crippen LogP contribution in [0.15, 0.2) is 97.1 Å². The number of ether oxygens (including phenoxy) is 1. The van der Waals surface area contributed by atoms with Crippen LogP contribution in [0.25, 0.3) is 0 Å². The number of esters is 1. The predicted molar refractivity (Wildman–Crippen MR) is 157 cm³/mol. The van der Waals surface area contributed by atoms with E-state index in [9.17, 15) is 14.4 Å². The van der Waals surface area contributed by atoms with Gasteiger partial charge in [-0.05, 0) is 70.0 Å². The fraction of sp³-hybridized carbons (Fsp3) is 0.250. The van der Waals surface area contributed by atoms with E-state index in [1.807, 2.05) is 36.4 Å². The number of benzene rings is 4. The van der Waals surface area contributed by atoms with E-state index < -0.39 is 17.8 Å². The van der Waals surface area contributed by atoms with Gasteiger partial charge in [0.2, 0.25) is 11.8 Å². The molecule has 41 heavy (non-hydrogen) atoms. The molecule has 0 aromatic heterocycles. The highest BCUT2D eigenvalue weighted by Crippen LogP contribution is 2.61. The van der Waals surface area contributed by atoms with Gasteiger partial charge in [-0.2, -0.15) is 0 Å². The highest BCUT2D eigenvalue weighted by molar-refractivity contribution is 6.23. The molecule has 0 saturated carbocycles. The molecule has 1 saturated heterocycles. The molecule has 0 radical (unpaired) electrons. The summed E-state index contributed by atoms with van der Waals surface area (Å²) < 4.78 is 5.67. The molecule has 1 fully saturated rings. The third-order valence-electron chi connectivity index (χ3n) is 9.52. The number of imide groups is 1. The molecule has 8 rings (SSSR count). The molecular weight excluding hydrogens is 510 g/mol. The summed E-state index contributed by atoms with van der Waals surface area (Å²) in [6, 6.07) is 30.6. The van der Waals surface area contributed by atoms with Crippen LogP contribution in [0.5, 0.6) is 5.75 Å². The Morgan fingerprint density at radius 1 is 0.732 bits per heavy atom. The third kappa shape index (κ3) is 3.79. The number of hydrogen-bond acceptors (Lipinski definition) is 4. The van der Waals surface area contributed by atoms with Crippen molar-refractivity contribution in [2.24, 2.45) is 11.8 Å². The highest BCUT2D eigenvalue weighted by Gasteiger charge is 2.61. The van der Waals surface area contributed by atoms with Crippen LogP contribution in [-0.4, -0.2) is 17.8 Å². The Bertz CT molecular complexity index is 1600. The SMILES string of the molecule is CCC(C)(C)c1ccc(OC(=O)c2cccc(N3C(=O)[C@@H]4C5c6ccccc6C(c6ccccc65)[C@@H]4C3=O)c2)cc1. The summed E-state index contributed by atoms with van der Waals surface area (Å²) in [6.45, 7) is 6.51. The van der Waals surface area contributed by atoms with Crippen LogP contribution in [0, 0.1) is 11.8 Å². The second-order valence-corrected chi connectivity index (χ2v) is 12.0. The first-order valence-corrected chi connectivity index (χ1v) is 14.3. The van der Waals surface area contributed by atoms with Crippen LogP contribution >= 0.6 is 0 Å². The number of hydrogen-bond donors (Lipinski definition) is 0. The van der Waals surface area contributed by atoms with Gasteiger partial charge in [-0.15, -0.1) is 0 Å². The van der Waals surface area contributed by atoms with E-state index in [4.69, 9.17) is 4.74 Å². The van der Waals surface area contributed by atoms with Crippen molar-refractivity contribution in [1.29, 1.82) is 0 Å². The third-order valence-corrected chi connectivity index (χ3v) is 9.52. The zero-order chi connectivity index (χ0) is 28.5. The molecule has 0 unspecified atom stereocenters. The van der Waals surface area contributed by atoms with E-state index in [2.05, 4.69) is 45.0 Å². The van der Waals surface area contributed by atoms with Gasteiger partial charge in [0, 0.05) is 11.8 Å². The molecule has 2 amide bonds. The molecule has 1 aliphatic heterocycles. The maximum Gasteiger partial charge on any atom is 0.343 e. The first-order chi connectivity index (χ1) is 19.8. The number of nitrogens with zero attached hydrogens (tertiary/aromatic N) is 1. The van der Waals surface area contributed by atoms with Gasteiger partial charge in [0.1, 0.15) is 5.75 Å². The molecule has 2 bridgehead atoms. The molecule has 1 heterocycles. The van der Waals surface area contributed by atoms with Gasteiger partial charge >= 0.3 is 5.97 Å². The fourth-order valence-electron chi connectivity index (χ4n) is 7.05. The summed E-state index contributed by atoms with van der Waals surface area (Å²) in [7, 11) is 0. The molecule has 0 spiro atoms. The minimum atomic E-state index is -0.536. The van der Waals surface area contributed by atoms with Gasteiger partial charge in [-0.1, -0.05) is 87.5 Å². The van der Waals surface area contributed by atoms with E-state index >= 15 is 0 Å². The van der Waals surface area contributed by atoms with E-state index in [-0.39, 0.29) is 34.6 Å². The van der Waals surface area contributed by atoms with Crippen LogP contribution in [0.3, 0.4) is 0 Å². The summed E-state index contributed by atoms with van der Waals surface area (Å²) in [5.74, 6) is -1.80. The molecule has 0 N–H and O–H groups in total. The number of amides is 2. The normalized spacial score (nSPS) is 22.3. The number of rotatable bonds is 5. The average Bonchev–Trinajstić information content (AvgIpc) is 3.27. The maximum atomic E-state index is 14.1. The topological polar surface area (TPSA) is 63.7 Å². The molecule has 4 aliphatic rings. The lowest BCUT2D eigenvalue weighted by molar-refractivity contribution is -0.122. The van der Waals surface area contributed by atoms with Gasteiger partial charge in [0.05, 0.1) is 23.1 Å². The van der Waals surface area contributed by atoms with Crippen LogP contribution in [-0.2, 0) is 15.0 Å². The summed E-state index contributed by atoms with van der Waals surface area (Å²) in [5.41, 5.74) is 6.41. The van der Waals surface area contributed by atoms with Crippen molar-refractivity contribution in [3.8, 4) is 5.75 Å². The first kappa shape index (κ1) is 25.5. The monoisotopic (exact) mass is 541 g/mol. The summed E-state index contributed by atoms with van der Waals surface area (Å²) in [5, 5.41) is 0. The summed E-state index contributed by atoms with van der Waals surface area (Å²) in [4.78, 5) is 42.5. The molecular formula is C36H31NO4. The van der Waals surface area contributed by atoms with Crippen molar-refractivity contribution in [2.75, 3.05) is 4.90 Å². The summed E-state index contributed by atoms with van der Waals surface area (Å²) in [6.07, 6.45) is 0.994. The maximum absolute atomic E-state index is 14.1. The highest BCUT2D eigenvalue weighted by atomic mass is 16.5. The number of carbonyl (C=O) groups is 3. The Balaban J connectivity index is 1.19. The number of anilines is 1. The Morgan fingerprint density at radius 2 is 1.24 bits per heavy atom. The second kappa shape index (κ2) is 9.27. The summed E-state index contributed by atoms with van der Waals surface area (Å²) >= 11 is 0. The van der Waals surface area contributed by atoms with E-state index in [1.54, 1.807) is 36.4 Å². The Hall–Kier alpha value is -4.51. The zero-order valence-electron chi connectivity index (χ0n) is 23.3. The van der Waals surface area contributed by atoms with Crippen molar-refractivity contribution in [1.82, 2.24) is 0 Å². The Kier molecular flexibility index (Phi) is 5.75. The number of carbonyl (C=O) groups excluding carboxylic acids is 3. The Morgan fingerprint density at radius 3 is 1.73 bits per heavy atom. The van der Waals surface area contributed by atoms with E-state index in [1.165, 1.54) is 10.5 Å². The average molecular weight is 542 g/mol. The molecule has 204 valence electrons. The van der Waals surface area contributed by atoms with Crippen molar-refractivity contribution < 1.29 is 19.1 Å². The van der Waals surface area contributed by atoms with Crippen molar-refractivity contribution in [2.45, 2.75) is 44.4 Å². The van der Waals surface area contributed by atoms with Crippen LogP contribution in [0.4, 0.5) is 5.69 Å².